The van der Waals surface area contributed by atoms with Crippen molar-refractivity contribution in [2.45, 2.75) is 6.92 Å². The topological polar surface area (TPSA) is 103 Å². The number of hydrogen-bond donors (Lipinski definition) is 3. The van der Waals surface area contributed by atoms with E-state index in [1.807, 2.05) is 31.2 Å². The van der Waals surface area contributed by atoms with Crippen LogP contribution in [0, 0.1) is 12.7 Å². The van der Waals surface area contributed by atoms with E-state index in [2.05, 4.69) is 20.2 Å². The van der Waals surface area contributed by atoms with Gasteiger partial charge in [0.1, 0.15) is 17.1 Å². The third-order valence-corrected chi connectivity index (χ3v) is 5.65. The van der Waals surface area contributed by atoms with Crippen LogP contribution >= 0.6 is 0 Å². The van der Waals surface area contributed by atoms with Gasteiger partial charge in [-0.05, 0) is 48.4 Å². The van der Waals surface area contributed by atoms with Gasteiger partial charge in [0.2, 0.25) is 0 Å². The van der Waals surface area contributed by atoms with Gasteiger partial charge in [0.05, 0.1) is 28.4 Å². The molecule has 0 amide bonds. The minimum atomic E-state index is -0.279. The molecule has 0 bridgehead atoms. The van der Waals surface area contributed by atoms with E-state index in [0.29, 0.717) is 28.3 Å². The molecule has 0 unspecified atom stereocenters. The summed E-state index contributed by atoms with van der Waals surface area (Å²) in [5, 5.41) is 17.2. The van der Waals surface area contributed by atoms with Gasteiger partial charge in [0.15, 0.2) is 11.5 Å². The molecule has 0 atom stereocenters. The largest absolute Gasteiger partial charge is 0.506 e. The van der Waals surface area contributed by atoms with Crippen LogP contribution in [-0.2, 0) is 0 Å². The fourth-order valence-corrected chi connectivity index (χ4v) is 4.00. The molecule has 7 nitrogen and oxygen atoms in total. The number of benzene rings is 2. The van der Waals surface area contributed by atoms with Gasteiger partial charge < -0.3 is 10.1 Å². The molecule has 6 aromatic rings. The van der Waals surface area contributed by atoms with Crippen molar-refractivity contribution in [3.63, 3.8) is 0 Å². The summed E-state index contributed by atoms with van der Waals surface area (Å²) in [5.74, 6) is 0.370. The molecule has 4 aromatic heterocycles. The summed E-state index contributed by atoms with van der Waals surface area (Å²) < 4.78 is 13.4. The Morgan fingerprint density at radius 2 is 1.73 bits per heavy atom. The summed E-state index contributed by atoms with van der Waals surface area (Å²) in [7, 11) is 0. The number of aromatic amines is 2. The standard InChI is InChI=1S/C25H17FN6O/c1-13-2-7-18(14-3-5-16(26)6-4-14)22-21(13)29-25(30-22)24-23-20(31-32-24)9-8-19(28-23)15-10-17(33)12-27-11-15/h2-12,33H,1H3,(H,29,30)(H,31,32). The first-order chi connectivity index (χ1) is 16.1. The van der Waals surface area contributed by atoms with E-state index in [4.69, 9.17) is 9.97 Å². The predicted molar refractivity (Wildman–Crippen MR) is 124 cm³/mol. The number of hydrogen-bond acceptors (Lipinski definition) is 5. The lowest BCUT2D eigenvalue weighted by molar-refractivity contribution is 0.473. The summed E-state index contributed by atoms with van der Waals surface area (Å²) in [6.07, 6.45) is 3.02. The maximum absolute atomic E-state index is 13.4. The molecule has 0 fully saturated rings. The molecule has 6 rings (SSSR count). The number of aryl methyl sites for hydroxylation is 1. The first-order valence-electron chi connectivity index (χ1n) is 10.3. The first-order valence-corrected chi connectivity index (χ1v) is 10.3. The summed E-state index contributed by atoms with van der Waals surface area (Å²) in [6, 6.07) is 15.7. The third-order valence-electron chi connectivity index (χ3n) is 5.65. The van der Waals surface area contributed by atoms with Crippen LogP contribution in [0.25, 0.3) is 56.0 Å². The van der Waals surface area contributed by atoms with Crippen LogP contribution in [0.1, 0.15) is 5.56 Å². The van der Waals surface area contributed by atoms with Crippen LogP contribution in [0.2, 0.25) is 0 Å². The molecule has 2 aromatic carbocycles. The highest BCUT2D eigenvalue weighted by Gasteiger charge is 2.18. The van der Waals surface area contributed by atoms with Gasteiger partial charge in [0, 0.05) is 17.3 Å². The van der Waals surface area contributed by atoms with E-state index in [-0.39, 0.29) is 11.6 Å². The molecule has 33 heavy (non-hydrogen) atoms. The van der Waals surface area contributed by atoms with Crippen molar-refractivity contribution in [1.82, 2.24) is 30.1 Å². The lowest BCUT2D eigenvalue weighted by atomic mass is 10.0. The molecular weight excluding hydrogens is 419 g/mol. The Balaban J connectivity index is 1.52. The van der Waals surface area contributed by atoms with Gasteiger partial charge in [0.25, 0.3) is 0 Å². The van der Waals surface area contributed by atoms with Gasteiger partial charge in [-0.15, -0.1) is 0 Å². The number of pyridine rings is 2. The molecule has 160 valence electrons. The summed E-state index contributed by atoms with van der Waals surface area (Å²) in [6.45, 7) is 2.00. The van der Waals surface area contributed by atoms with Gasteiger partial charge in [-0.1, -0.05) is 24.3 Å². The van der Waals surface area contributed by atoms with Crippen LogP contribution in [0.3, 0.4) is 0 Å². The molecule has 0 aliphatic rings. The average Bonchev–Trinajstić information content (AvgIpc) is 3.45. The molecular formula is C25H17FN6O. The summed E-state index contributed by atoms with van der Waals surface area (Å²) in [4.78, 5) is 17.0. The van der Waals surface area contributed by atoms with Crippen molar-refractivity contribution in [2.75, 3.05) is 0 Å². The number of H-pyrrole nitrogens is 2. The van der Waals surface area contributed by atoms with Crippen molar-refractivity contribution in [3.05, 3.63) is 78.4 Å². The monoisotopic (exact) mass is 436 g/mol. The normalized spacial score (nSPS) is 11.5. The van der Waals surface area contributed by atoms with E-state index >= 15 is 0 Å². The van der Waals surface area contributed by atoms with Crippen LogP contribution in [-0.4, -0.2) is 35.2 Å². The Kier molecular flexibility index (Phi) is 4.19. The summed E-state index contributed by atoms with van der Waals surface area (Å²) >= 11 is 0. The number of fused-ring (bicyclic) bond motifs is 2. The van der Waals surface area contributed by atoms with Crippen molar-refractivity contribution in [2.24, 2.45) is 0 Å². The van der Waals surface area contributed by atoms with Gasteiger partial charge in [-0.3, -0.25) is 10.1 Å². The fourth-order valence-electron chi connectivity index (χ4n) is 4.00. The molecule has 0 radical (unpaired) electrons. The molecule has 0 saturated carbocycles. The zero-order chi connectivity index (χ0) is 22.5. The van der Waals surface area contributed by atoms with E-state index in [1.165, 1.54) is 18.3 Å². The number of nitrogens with zero attached hydrogens (tertiary/aromatic N) is 4. The Morgan fingerprint density at radius 3 is 2.55 bits per heavy atom. The average molecular weight is 436 g/mol. The van der Waals surface area contributed by atoms with Crippen molar-refractivity contribution >= 4 is 22.1 Å². The second-order valence-electron chi connectivity index (χ2n) is 7.84. The fraction of sp³-hybridized carbons (Fsp3) is 0.0400. The Labute approximate surface area is 187 Å². The molecule has 4 heterocycles. The van der Waals surface area contributed by atoms with Crippen LogP contribution in [0.5, 0.6) is 5.75 Å². The Hall–Kier alpha value is -4.59. The van der Waals surface area contributed by atoms with E-state index < -0.39 is 0 Å². The van der Waals surface area contributed by atoms with E-state index in [9.17, 15) is 9.50 Å². The number of aromatic hydroxyl groups is 1. The number of imidazole rings is 1. The zero-order valence-electron chi connectivity index (χ0n) is 17.5. The number of nitrogens with one attached hydrogen (secondary N) is 2. The Bertz CT molecular complexity index is 1650. The highest BCUT2D eigenvalue weighted by atomic mass is 19.1. The quantitative estimate of drug-likeness (QED) is 0.345. The SMILES string of the molecule is Cc1ccc(-c2ccc(F)cc2)c2[nH]c(-c3n[nH]c4ccc(-c5cncc(O)c5)nc34)nc12. The zero-order valence-corrected chi connectivity index (χ0v) is 17.5. The molecule has 0 spiro atoms. The third kappa shape index (κ3) is 3.20. The second kappa shape index (κ2) is 7.23. The highest BCUT2D eigenvalue weighted by Crippen LogP contribution is 2.33. The van der Waals surface area contributed by atoms with Crippen LogP contribution in [0.15, 0.2) is 67.0 Å². The lowest BCUT2D eigenvalue weighted by Gasteiger charge is -2.04. The predicted octanol–water partition coefficient (Wildman–Crippen LogP) is 5.38. The summed E-state index contributed by atoms with van der Waals surface area (Å²) in [5.41, 5.74) is 7.84. The van der Waals surface area contributed by atoms with Crippen LogP contribution < -0.4 is 0 Å². The number of rotatable bonds is 3. The molecule has 8 heteroatoms. The van der Waals surface area contributed by atoms with E-state index in [0.717, 1.165) is 33.2 Å². The minimum absolute atomic E-state index is 0.0721. The first kappa shape index (κ1) is 19.1. The van der Waals surface area contributed by atoms with Gasteiger partial charge in [-0.2, -0.15) is 5.10 Å². The molecule has 0 aliphatic heterocycles. The molecule has 0 aliphatic carbocycles. The maximum atomic E-state index is 13.4. The maximum Gasteiger partial charge on any atom is 0.161 e. The van der Waals surface area contributed by atoms with Gasteiger partial charge in [-0.25, -0.2) is 14.4 Å². The number of aromatic nitrogens is 6. The molecule has 0 saturated heterocycles. The minimum Gasteiger partial charge on any atom is -0.506 e. The second-order valence-corrected chi connectivity index (χ2v) is 7.84. The lowest BCUT2D eigenvalue weighted by Crippen LogP contribution is -1.87. The van der Waals surface area contributed by atoms with Gasteiger partial charge >= 0.3 is 0 Å². The number of halogens is 1. The highest BCUT2D eigenvalue weighted by molar-refractivity contribution is 5.97. The van der Waals surface area contributed by atoms with Crippen LogP contribution in [0.4, 0.5) is 4.39 Å². The van der Waals surface area contributed by atoms with Crippen molar-refractivity contribution < 1.29 is 9.50 Å². The smallest absolute Gasteiger partial charge is 0.161 e. The Morgan fingerprint density at radius 1 is 0.879 bits per heavy atom. The van der Waals surface area contributed by atoms with Crippen molar-refractivity contribution in [1.29, 1.82) is 0 Å². The molecule has 3 N–H and O–H groups in total. The van der Waals surface area contributed by atoms with Crippen molar-refractivity contribution in [3.8, 4) is 39.7 Å². The van der Waals surface area contributed by atoms with E-state index in [1.54, 1.807) is 24.4 Å².